The van der Waals surface area contributed by atoms with Crippen LogP contribution in [0.1, 0.15) is 24.1 Å². The number of pyridine rings is 1. The zero-order chi connectivity index (χ0) is 13.4. The number of hydrogen-bond acceptors (Lipinski definition) is 4. The molecule has 0 fully saturated rings. The lowest BCUT2D eigenvalue weighted by Crippen LogP contribution is -2.31. The Balaban J connectivity index is 2.39. The fourth-order valence-electron chi connectivity index (χ4n) is 1.71. The predicted octanol–water partition coefficient (Wildman–Crippen LogP) is 1.57. The Labute approximate surface area is 109 Å². The highest BCUT2D eigenvalue weighted by atomic mass is 16.5. The summed E-state index contributed by atoms with van der Waals surface area (Å²) in [5, 5.41) is 3.38. The lowest BCUT2D eigenvalue weighted by atomic mass is 10.0. The molecular formula is C14H23N3O. The fourth-order valence-corrected chi connectivity index (χ4v) is 1.71. The molecule has 0 amide bonds. The summed E-state index contributed by atoms with van der Waals surface area (Å²) < 4.78 is 5.44. The fraction of sp³-hybridized carbons (Fsp3) is 0.500. The van der Waals surface area contributed by atoms with E-state index in [4.69, 9.17) is 10.5 Å². The maximum atomic E-state index is 5.79. The smallest absolute Gasteiger partial charge is 0.0672 e. The Hall–Kier alpha value is -1.23. The SMILES string of the molecule is C=C(C)COCCNC(CN)c1cnccc1C. The van der Waals surface area contributed by atoms with Gasteiger partial charge in [-0.3, -0.25) is 4.98 Å². The monoisotopic (exact) mass is 249 g/mol. The molecule has 3 N–H and O–H groups in total. The van der Waals surface area contributed by atoms with Crippen molar-refractivity contribution in [1.29, 1.82) is 0 Å². The van der Waals surface area contributed by atoms with E-state index in [1.54, 1.807) is 6.20 Å². The van der Waals surface area contributed by atoms with Crippen molar-refractivity contribution < 1.29 is 4.74 Å². The molecule has 0 spiro atoms. The molecule has 1 aromatic rings. The molecule has 0 aliphatic heterocycles. The predicted molar refractivity (Wildman–Crippen MR) is 74.4 cm³/mol. The third kappa shape index (κ3) is 4.96. The van der Waals surface area contributed by atoms with Crippen molar-refractivity contribution >= 4 is 0 Å². The summed E-state index contributed by atoms with van der Waals surface area (Å²) in [5.41, 5.74) is 9.18. The highest BCUT2D eigenvalue weighted by Gasteiger charge is 2.10. The summed E-state index contributed by atoms with van der Waals surface area (Å²) in [4.78, 5) is 4.14. The van der Waals surface area contributed by atoms with Gasteiger partial charge in [0.25, 0.3) is 0 Å². The van der Waals surface area contributed by atoms with Crippen LogP contribution in [0.15, 0.2) is 30.6 Å². The lowest BCUT2D eigenvalue weighted by molar-refractivity contribution is 0.155. The van der Waals surface area contributed by atoms with Gasteiger partial charge in [0.15, 0.2) is 0 Å². The summed E-state index contributed by atoms with van der Waals surface area (Å²) >= 11 is 0. The van der Waals surface area contributed by atoms with Crippen LogP contribution < -0.4 is 11.1 Å². The molecule has 1 atom stereocenters. The number of nitrogens with two attached hydrogens (primary N) is 1. The van der Waals surface area contributed by atoms with E-state index in [1.807, 2.05) is 19.2 Å². The Bertz CT molecular complexity index is 379. The molecule has 1 unspecified atom stereocenters. The molecular weight excluding hydrogens is 226 g/mol. The van der Waals surface area contributed by atoms with Gasteiger partial charge in [0.2, 0.25) is 0 Å². The summed E-state index contributed by atoms with van der Waals surface area (Å²) in [6.45, 7) is 10.4. The van der Waals surface area contributed by atoms with E-state index >= 15 is 0 Å². The van der Waals surface area contributed by atoms with Gasteiger partial charge in [-0.15, -0.1) is 0 Å². The molecule has 4 nitrogen and oxygen atoms in total. The van der Waals surface area contributed by atoms with Crippen molar-refractivity contribution in [2.24, 2.45) is 5.73 Å². The second kappa shape index (κ2) is 7.97. The number of aryl methyl sites for hydroxylation is 1. The van der Waals surface area contributed by atoms with Gasteiger partial charge in [-0.05, 0) is 31.0 Å². The van der Waals surface area contributed by atoms with Crippen LogP contribution in [0.3, 0.4) is 0 Å². The topological polar surface area (TPSA) is 60.2 Å². The van der Waals surface area contributed by atoms with E-state index in [-0.39, 0.29) is 6.04 Å². The van der Waals surface area contributed by atoms with E-state index in [2.05, 4.69) is 23.8 Å². The average Bonchev–Trinajstić information content (AvgIpc) is 2.35. The van der Waals surface area contributed by atoms with Crippen LogP contribution in [-0.2, 0) is 4.74 Å². The van der Waals surface area contributed by atoms with Crippen molar-refractivity contribution in [2.45, 2.75) is 19.9 Å². The molecule has 1 heterocycles. The first kappa shape index (κ1) is 14.8. The van der Waals surface area contributed by atoms with E-state index in [9.17, 15) is 0 Å². The number of nitrogens with one attached hydrogen (secondary N) is 1. The number of hydrogen-bond donors (Lipinski definition) is 2. The van der Waals surface area contributed by atoms with Gasteiger partial charge in [-0.2, -0.15) is 0 Å². The van der Waals surface area contributed by atoms with E-state index in [0.29, 0.717) is 19.8 Å². The number of ether oxygens (including phenoxy) is 1. The summed E-state index contributed by atoms with van der Waals surface area (Å²) in [6, 6.07) is 2.13. The van der Waals surface area contributed by atoms with E-state index in [0.717, 1.165) is 17.7 Å². The summed E-state index contributed by atoms with van der Waals surface area (Å²) in [5.74, 6) is 0. The van der Waals surface area contributed by atoms with Crippen LogP contribution >= 0.6 is 0 Å². The van der Waals surface area contributed by atoms with Crippen LogP contribution in [0.4, 0.5) is 0 Å². The molecule has 100 valence electrons. The van der Waals surface area contributed by atoms with Gasteiger partial charge in [0, 0.05) is 31.5 Å². The van der Waals surface area contributed by atoms with Crippen LogP contribution in [0.25, 0.3) is 0 Å². The van der Waals surface area contributed by atoms with Gasteiger partial charge >= 0.3 is 0 Å². The van der Waals surface area contributed by atoms with Gasteiger partial charge in [-0.1, -0.05) is 12.2 Å². The zero-order valence-corrected chi connectivity index (χ0v) is 11.3. The minimum atomic E-state index is 0.132. The molecule has 0 aliphatic carbocycles. The Morgan fingerprint density at radius 3 is 3.00 bits per heavy atom. The second-order valence-corrected chi connectivity index (χ2v) is 4.48. The Morgan fingerprint density at radius 2 is 2.39 bits per heavy atom. The van der Waals surface area contributed by atoms with Gasteiger partial charge in [0.1, 0.15) is 0 Å². The third-order valence-electron chi connectivity index (χ3n) is 2.68. The van der Waals surface area contributed by atoms with Gasteiger partial charge in [0.05, 0.1) is 13.2 Å². The largest absolute Gasteiger partial charge is 0.376 e. The molecule has 0 saturated carbocycles. The normalized spacial score (nSPS) is 12.4. The van der Waals surface area contributed by atoms with Gasteiger partial charge in [-0.25, -0.2) is 0 Å². The van der Waals surface area contributed by atoms with Crippen molar-refractivity contribution in [3.63, 3.8) is 0 Å². The van der Waals surface area contributed by atoms with Crippen LogP contribution in [0, 0.1) is 6.92 Å². The van der Waals surface area contributed by atoms with Crippen molar-refractivity contribution in [3.8, 4) is 0 Å². The third-order valence-corrected chi connectivity index (χ3v) is 2.68. The minimum Gasteiger partial charge on any atom is -0.376 e. The maximum Gasteiger partial charge on any atom is 0.0672 e. The molecule has 0 bridgehead atoms. The summed E-state index contributed by atoms with van der Waals surface area (Å²) in [6.07, 6.45) is 3.66. The minimum absolute atomic E-state index is 0.132. The van der Waals surface area contributed by atoms with Crippen LogP contribution in [-0.4, -0.2) is 31.3 Å². The van der Waals surface area contributed by atoms with Gasteiger partial charge < -0.3 is 15.8 Å². The highest BCUT2D eigenvalue weighted by Crippen LogP contribution is 2.14. The Morgan fingerprint density at radius 1 is 1.61 bits per heavy atom. The lowest BCUT2D eigenvalue weighted by Gasteiger charge is -2.18. The van der Waals surface area contributed by atoms with Crippen molar-refractivity contribution in [3.05, 3.63) is 41.7 Å². The number of rotatable bonds is 8. The first-order valence-corrected chi connectivity index (χ1v) is 6.21. The van der Waals surface area contributed by atoms with Crippen molar-refractivity contribution in [1.82, 2.24) is 10.3 Å². The second-order valence-electron chi connectivity index (χ2n) is 4.48. The quantitative estimate of drug-likeness (QED) is 0.542. The average molecular weight is 249 g/mol. The maximum absolute atomic E-state index is 5.79. The number of nitrogens with zero attached hydrogens (tertiary/aromatic N) is 1. The zero-order valence-electron chi connectivity index (χ0n) is 11.3. The molecule has 4 heteroatoms. The van der Waals surface area contributed by atoms with E-state index < -0.39 is 0 Å². The Kier molecular flexibility index (Phi) is 6.57. The molecule has 0 aliphatic rings. The van der Waals surface area contributed by atoms with Crippen molar-refractivity contribution in [2.75, 3.05) is 26.3 Å². The molecule has 0 aromatic carbocycles. The first-order chi connectivity index (χ1) is 8.65. The molecule has 1 aromatic heterocycles. The van der Waals surface area contributed by atoms with E-state index in [1.165, 1.54) is 5.56 Å². The summed E-state index contributed by atoms with van der Waals surface area (Å²) in [7, 11) is 0. The van der Waals surface area contributed by atoms with Crippen LogP contribution in [0.2, 0.25) is 0 Å². The molecule has 0 radical (unpaired) electrons. The standard InChI is InChI=1S/C14H23N3O/c1-11(2)10-18-7-6-17-14(8-15)13-9-16-5-4-12(13)3/h4-5,9,14,17H,1,6-8,10,15H2,2-3H3. The molecule has 0 saturated heterocycles. The first-order valence-electron chi connectivity index (χ1n) is 6.21. The molecule has 18 heavy (non-hydrogen) atoms. The molecule has 1 rings (SSSR count). The van der Waals surface area contributed by atoms with Crippen LogP contribution in [0.5, 0.6) is 0 Å². The number of aromatic nitrogens is 1. The highest BCUT2D eigenvalue weighted by molar-refractivity contribution is 5.25.